The molecule has 0 unspecified atom stereocenters. The smallest absolute Gasteiger partial charge is 0.210 e. The van der Waals surface area contributed by atoms with Gasteiger partial charge in [0.2, 0.25) is 5.88 Å². The van der Waals surface area contributed by atoms with Crippen LogP contribution in [0.15, 0.2) is 23.3 Å². The number of hydrogen-bond acceptors (Lipinski definition) is 5. The maximum absolute atomic E-state index is 10.3. The van der Waals surface area contributed by atoms with Gasteiger partial charge in [0.15, 0.2) is 3.95 Å². The van der Waals surface area contributed by atoms with E-state index in [0.717, 1.165) is 21.8 Å². The summed E-state index contributed by atoms with van der Waals surface area (Å²) >= 11 is 6.69. The van der Waals surface area contributed by atoms with Crippen LogP contribution in [0.4, 0.5) is 5.69 Å². The third kappa shape index (κ3) is 2.10. The summed E-state index contributed by atoms with van der Waals surface area (Å²) in [5.74, 6) is 0.209. The second-order valence-corrected chi connectivity index (χ2v) is 6.42. The van der Waals surface area contributed by atoms with Crippen LogP contribution in [0.1, 0.15) is 30.5 Å². The first kappa shape index (κ1) is 13.2. The Morgan fingerprint density at radius 2 is 2.25 bits per heavy atom. The highest BCUT2D eigenvalue weighted by atomic mass is 32.1. The number of pyridine rings is 1. The fourth-order valence-corrected chi connectivity index (χ4v) is 3.64. The van der Waals surface area contributed by atoms with Gasteiger partial charge in [-0.2, -0.15) is 0 Å². The number of allylic oxidation sites excluding steroid dienone is 1. The molecule has 20 heavy (non-hydrogen) atoms. The second kappa shape index (κ2) is 4.96. The van der Waals surface area contributed by atoms with Crippen molar-refractivity contribution in [3.05, 3.63) is 32.9 Å². The Kier molecular flexibility index (Phi) is 3.27. The highest BCUT2D eigenvalue weighted by molar-refractivity contribution is 7.73. The minimum Gasteiger partial charge on any atom is -0.493 e. The first-order valence-electron chi connectivity index (χ1n) is 6.23. The van der Waals surface area contributed by atoms with E-state index in [9.17, 15) is 5.11 Å². The van der Waals surface area contributed by atoms with E-state index in [1.807, 2.05) is 32.1 Å². The van der Waals surface area contributed by atoms with Gasteiger partial charge in [-0.05, 0) is 44.3 Å². The molecule has 2 aromatic rings. The number of aromatic nitrogens is 2. The van der Waals surface area contributed by atoms with Crippen molar-refractivity contribution in [2.24, 2.45) is 4.99 Å². The van der Waals surface area contributed by atoms with E-state index in [0.29, 0.717) is 3.95 Å². The Labute approximate surface area is 125 Å². The highest BCUT2D eigenvalue weighted by Gasteiger charge is 2.17. The zero-order valence-electron chi connectivity index (χ0n) is 11.1. The fraction of sp³-hybridized carbons (Fsp3) is 0.214. The van der Waals surface area contributed by atoms with Crippen LogP contribution in [-0.2, 0) is 0 Å². The molecule has 0 amide bonds. The van der Waals surface area contributed by atoms with Crippen molar-refractivity contribution in [1.82, 2.24) is 9.55 Å². The van der Waals surface area contributed by atoms with Crippen molar-refractivity contribution >= 4 is 47.1 Å². The Hall–Kier alpha value is -1.79. The lowest BCUT2D eigenvalue weighted by Crippen LogP contribution is -1.99. The van der Waals surface area contributed by atoms with Gasteiger partial charge in [-0.15, -0.1) is 11.3 Å². The molecule has 0 aromatic carbocycles. The Balaban J connectivity index is 2.10. The summed E-state index contributed by atoms with van der Waals surface area (Å²) in [6.07, 6.45) is 5.39. The minimum absolute atomic E-state index is 0.133. The molecule has 2 aromatic heterocycles. The Morgan fingerprint density at radius 3 is 2.95 bits per heavy atom. The van der Waals surface area contributed by atoms with Crippen molar-refractivity contribution < 1.29 is 5.11 Å². The van der Waals surface area contributed by atoms with Gasteiger partial charge in [0.25, 0.3) is 0 Å². The molecule has 0 radical (unpaired) electrons. The van der Waals surface area contributed by atoms with Crippen molar-refractivity contribution in [2.45, 2.75) is 19.9 Å². The first-order valence-corrected chi connectivity index (χ1v) is 7.46. The van der Waals surface area contributed by atoms with Crippen LogP contribution < -0.4 is 0 Å². The molecular weight excluding hydrogens is 290 g/mol. The summed E-state index contributed by atoms with van der Waals surface area (Å²) in [7, 11) is 0. The first-order chi connectivity index (χ1) is 9.58. The quantitative estimate of drug-likeness (QED) is 0.845. The van der Waals surface area contributed by atoms with Crippen molar-refractivity contribution in [1.29, 1.82) is 0 Å². The maximum Gasteiger partial charge on any atom is 0.210 e. The van der Waals surface area contributed by atoms with Crippen LogP contribution in [0.5, 0.6) is 5.88 Å². The molecule has 1 N–H and O–H groups in total. The number of rotatable bonds is 2. The number of thiazole rings is 1. The predicted molar refractivity (Wildman–Crippen MR) is 85.5 cm³/mol. The van der Waals surface area contributed by atoms with Crippen molar-refractivity contribution in [2.75, 3.05) is 0 Å². The summed E-state index contributed by atoms with van der Waals surface area (Å²) in [6, 6.07) is 3.91. The van der Waals surface area contributed by atoms with Gasteiger partial charge < -0.3 is 5.11 Å². The third-order valence-corrected chi connectivity index (χ3v) is 4.39. The Morgan fingerprint density at radius 1 is 1.45 bits per heavy atom. The average Bonchev–Trinajstić information content (AvgIpc) is 2.93. The molecule has 0 aliphatic carbocycles. The molecule has 102 valence electrons. The van der Waals surface area contributed by atoms with Crippen LogP contribution in [-0.4, -0.2) is 20.9 Å². The van der Waals surface area contributed by atoms with Crippen LogP contribution in [0.25, 0.3) is 11.6 Å². The molecule has 1 aliphatic rings. The summed E-state index contributed by atoms with van der Waals surface area (Å²) in [5.41, 5.74) is 2.58. The minimum atomic E-state index is 0.133. The average molecular weight is 303 g/mol. The molecular formula is C14H13N3OS2. The second-order valence-electron chi connectivity index (χ2n) is 4.75. The Bertz CT molecular complexity index is 784. The van der Waals surface area contributed by atoms with E-state index in [1.165, 1.54) is 11.3 Å². The lowest BCUT2D eigenvalue weighted by Gasteiger charge is -2.07. The third-order valence-electron chi connectivity index (χ3n) is 3.05. The van der Waals surface area contributed by atoms with Crippen LogP contribution >= 0.6 is 23.6 Å². The van der Waals surface area contributed by atoms with Gasteiger partial charge in [-0.1, -0.05) is 0 Å². The van der Waals surface area contributed by atoms with Gasteiger partial charge >= 0.3 is 0 Å². The van der Waals surface area contributed by atoms with Gasteiger partial charge in [0.1, 0.15) is 0 Å². The van der Waals surface area contributed by atoms with E-state index < -0.39 is 0 Å². The number of aliphatic imine (C=N–C) groups is 1. The topological polar surface area (TPSA) is 50.4 Å². The van der Waals surface area contributed by atoms with E-state index in [2.05, 4.69) is 9.98 Å². The molecule has 3 heterocycles. The molecule has 0 bridgehead atoms. The molecule has 0 fully saturated rings. The summed E-state index contributed by atoms with van der Waals surface area (Å²) in [5, 5.41) is 10.3. The number of nitrogens with zero attached hydrogens (tertiary/aromatic N) is 3. The van der Waals surface area contributed by atoms with Gasteiger partial charge in [0.05, 0.1) is 16.3 Å². The normalized spacial score (nSPS) is 15.2. The van der Waals surface area contributed by atoms with Gasteiger partial charge in [-0.25, -0.2) is 0 Å². The van der Waals surface area contributed by atoms with E-state index in [-0.39, 0.29) is 11.9 Å². The van der Waals surface area contributed by atoms with Crippen LogP contribution in [0.3, 0.4) is 0 Å². The lowest BCUT2D eigenvalue weighted by molar-refractivity contribution is 0.397. The van der Waals surface area contributed by atoms with Crippen molar-refractivity contribution in [3.8, 4) is 5.88 Å². The predicted octanol–water partition coefficient (Wildman–Crippen LogP) is 4.22. The molecule has 6 heteroatoms. The maximum atomic E-state index is 10.3. The number of fused-ring (bicyclic) bond motifs is 1. The summed E-state index contributed by atoms with van der Waals surface area (Å²) in [4.78, 5) is 9.37. The molecule has 3 rings (SSSR count). The molecule has 0 saturated carbocycles. The SMILES string of the molecule is CC(C)n1c(O)c(C=C2C=Nc3cccnc32)sc1=S. The standard InChI is InChI=1S/C14H13N3OS2/c1-8(2)17-13(18)11(20-14(17)19)6-9-7-16-10-4-3-5-15-12(9)10/h3-8,18H,1-2H3. The molecule has 0 saturated heterocycles. The van der Waals surface area contributed by atoms with E-state index in [1.54, 1.807) is 17.0 Å². The zero-order valence-corrected chi connectivity index (χ0v) is 12.7. The number of hydrogen-bond donors (Lipinski definition) is 1. The van der Waals surface area contributed by atoms with Gasteiger partial charge in [-0.3, -0.25) is 14.5 Å². The summed E-state index contributed by atoms with van der Waals surface area (Å²) < 4.78 is 2.41. The van der Waals surface area contributed by atoms with E-state index >= 15 is 0 Å². The molecule has 0 atom stereocenters. The largest absolute Gasteiger partial charge is 0.493 e. The van der Waals surface area contributed by atoms with Crippen LogP contribution in [0, 0.1) is 3.95 Å². The fourth-order valence-electron chi connectivity index (χ4n) is 2.11. The van der Waals surface area contributed by atoms with Gasteiger partial charge in [0, 0.05) is 24.0 Å². The highest BCUT2D eigenvalue weighted by Crippen LogP contribution is 2.35. The lowest BCUT2D eigenvalue weighted by atomic mass is 10.2. The number of aromatic hydroxyl groups is 1. The zero-order chi connectivity index (χ0) is 14.3. The molecule has 0 spiro atoms. The van der Waals surface area contributed by atoms with Crippen molar-refractivity contribution in [3.63, 3.8) is 0 Å². The molecule has 1 aliphatic heterocycles. The van der Waals surface area contributed by atoms with Crippen LogP contribution in [0.2, 0.25) is 0 Å². The van der Waals surface area contributed by atoms with E-state index in [4.69, 9.17) is 12.2 Å². The monoisotopic (exact) mass is 303 g/mol. The molecule has 4 nitrogen and oxygen atoms in total. The summed E-state index contributed by atoms with van der Waals surface area (Å²) in [6.45, 7) is 3.99.